The first-order chi connectivity index (χ1) is 25.4. The van der Waals surface area contributed by atoms with Crippen molar-refractivity contribution in [3.63, 3.8) is 0 Å². The molecule has 0 atom stereocenters. The molecule has 0 aliphatic heterocycles. The standard InChI is InChI=1S/C47H40N4O/c1-46(2)39-22-33(35-17-18-38(41-42(35)52-27-48-41)47-24-28-19-29(25-47)21-30(20-28)26-47)13-15-36(39)37-16-14-34(23-40(37)46)45-50-43(31-9-5-3-6-10-31)49-44(51-45)32-11-7-4-8-12-32/h3-18,22-23,27-30H,19-21,24-26H2,1-2H3. The van der Waals surface area contributed by atoms with Crippen molar-refractivity contribution < 1.29 is 4.42 Å². The molecule has 5 heteroatoms. The topological polar surface area (TPSA) is 64.7 Å². The highest BCUT2D eigenvalue weighted by molar-refractivity contribution is 5.94. The highest BCUT2D eigenvalue weighted by atomic mass is 16.3. The fourth-order valence-corrected chi connectivity index (χ4v) is 11.0. The Morgan fingerprint density at radius 3 is 1.60 bits per heavy atom. The summed E-state index contributed by atoms with van der Waals surface area (Å²) in [4.78, 5) is 19.9. The summed E-state index contributed by atoms with van der Waals surface area (Å²) in [5, 5.41) is 0. The lowest BCUT2D eigenvalue weighted by atomic mass is 9.48. The lowest BCUT2D eigenvalue weighted by molar-refractivity contribution is -0.00457. The Labute approximate surface area is 304 Å². The quantitative estimate of drug-likeness (QED) is 0.182. The smallest absolute Gasteiger partial charge is 0.182 e. The first kappa shape index (κ1) is 30.2. The van der Waals surface area contributed by atoms with Crippen molar-refractivity contribution in [3.8, 4) is 56.4 Å². The highest BCUT2D eigenvalue weighted by Crippen LogP contribution is 2.61. The minimum Gasteiger partial charge on any atom is -0.443 e. The van der Waals surface area contributed by atoms with Gasteiger partial charge in [-0.25, -0.2) is 19.9 Å². The second-order valence-electron chi connectivity index (χ2n) is 16.6. The molecule has 5 nitrogen and oxygen atoms in total. The number of hydrogen-bond acceptors (Lipinski definition) is 5. The molecule has 0 saturated heterocycles. The van der Waals surface area contributed by atoms with Crippen molar-refractivity contribution in [2.24, 2.45) is 17.8 Å². The van der Waals surface area contributed by atoms with Gasteiger partial charge >= 0.3 is 0 Å². The van der Waals surface area contributed by atoms with Gasteiger partial charge in [-0.05, 0) is 107 Å². The van der Waals surface area contributed by atoms with Crippen molar-refractivity contribution in [1.82, 2.24) is 19.9 Å². The number of oxazole rings is 1. The number of fused-ring (bicyclic) bond motifs is 4. The largest absolute Gasteiger partial charge is 0.443 e. The number of nitrogens with zero attached hydrogens (tertiary/aromatic N) is 4. The number of benzene rings is 5. The van der Waals surface area contributed by atoms with E-state index in [0.29, 0.717) is 17.5 Å². The van der Waals surface area contributed by atoms with Gasteiger partial charge < -0.3 is 4.42 Å². The predicted octanol–water partition coefficient (Wildman–Crippen LogP) is 11.5. The van der Waals surface area contributed by atoms with Crippen LogP contribution in [0.2, 0.25) is 0 Å². The van der Waals surface area contributed by atoms with E-state index >= 15 is 0 Å². The molecule has 12 rings (SSSR count). The molecule has 5 aromatic carbocycles. The van der Waals surface area contributed by atoms with Crippen molar-refractivity contribution >= 4 is 11.1 Å². The lowest BCUT2D eigenvalue weighted by Crippen LogP contribution is -2.48. The van der Waals surface area contributed by atoms with Gasteiger partial charge in [0.15, 0.2) is 29.4 Å². The van der Waals surface area contributed by atoms with Crippen LogP contribution in [0, 0.1) is 17.8 Å². The van der Waals surface area contributed by atoms with Gasteiger partial charge in [-0.1, -0.05) is 111 Å². The van der Waals surface area contributed by atoms with Crippen molar-refractivity contribution in [2.75, 3.05) is 0 Å². The van der Waals surface area contributed by atoms with Crippen LogP contribution in [-0.2, 0) is 10.8 Å². The van der Waals surface area contributed by atoms with E-state index in [1.54, 1.807) is 6.39 Å². The van der Waals surface area contributed by atoms with Crippen LogP contribution < -0.4 is 0 Å². The van der Waals surface area contributed by atoms with E-state index in [-0.39, 0.29) is 10.8 Å². The molecule has 2 heterocycles. The average Bonchev–Trinajstić information content (AvgIpc) is 3.75. The third-order valence-corrected chi connectivity index (χ3v) is 13.0. The van der Waals surface area contributed by atoms with Crippen LogP contribution in [0.1, 0.15) is 69.1 Å². The molecule has 5 aliphatic rings. The maximum absolute atomic E-state index is 6.26. The first-order valence-electron chi connectivity index (χ1n) is 19.0. The van der Waals surface area contributed by atoms with Crippen LogP contribution in [0.5, 0.6) is 0 Å². The second-order valence-corrected chi connectivity index (χ2v) is 16.6. The Kier molecular flexibility index (Phi) is 6.42. The molecule has 0 spiro atoms. The van der Waals surface area contributed by atoms with Crippen LogP contribution in [0.4, 0.5) is 0 Å². The van der Waals surface area contributed by atoms with E-state index in [2.05, 4.69) is 86.6 Å². The van der Waals surface area contributed by atoms with Crippen LogP contribution >= 0.6 is 0 Å². The summed E-state index contributed by atoms with van der Waals surface area (Å²) in [7, 11) is 0. The van der Waals surface area contributed by atoms with Crippen molar-refractivity contribution in [2.45, 2.75) is 63.2 Å². The third kappa shape index (κ3) is 4.54. The second kappa shape index (κ2) is 11.0. The summed E-state index contributed by atoms with van der Waals surface area (Å²) in [5.41, 5.74) is 13.9. The zero-order valence-electron chi connectivity index (χ0n) is 29.6. The average molecular weight is 677 g/mol. The summed E-state index contributed by atoms with van der Waals surface area (Å²) in [5.74, 6) is 4.67. The molecule has 5 aliphatic carbocycles. The van der Waals surface area contributed by atoms with Crippen LogP contribution in [0.3, 0.4) is 0 Å². The predicted molar refractivity (Wildman–Crippen MR) is 207 cm³/mol. The molecular weight excluding hydrogens is 637 g/mol. The maximum Gasteiger partial charge on any atom is 0.182 e. The molecule has 254 valence electrons. The summed E-state index contributed by atoms with van der Waals surface area (Å²) in [6.07, 6.45) is 9.94. The number of aromatic nitrogens is 4. The molecular formula is C47H40N4O. The van der Waals surface area contributed by atoms with Gasteiger partial charge in [-0.15, -0.1) is 0 Å². The number of hydrogen-bond donors (Lipinski definition) is 0. The fraction of sp³-hybridized carbons (Fsp3) is 0.277. The van der Waals surface area contributed by atoms with Gasteiger partial charge in [-0.3, -0.25) is 0 Å². The van der Waals surface area contributed by atoms with E-state index in [0.717, 1.165) is 51.1 Å². The molecule has 52 heavy (non-hydrogen) atoms. The minimum absolute atomic E-state index is 0.228. The van der Waals surface area contributed by atoms with E-state index in [1.807, 2.05) is 36.4 Å². The molecule has 2 aromatic heterocycles. The molecule has 0 N–H and O–H groups in total. The van der Waals surface area contributed by atoms with Gasteiger partial charge in [0.2, 0.25) is 0 Å². The summed E-state index contributed by atoms with van der Waals surface area (Å²) in [6.45, 7) is 4.67. The lowest BCUT2D eigenvalue weighted by Gasteiger charge is -2.57. The molecule has 0 unspecified atom stereocenters. The summed E-state index contributed by atoms with van der Waals surface area (Å²) >= 11 is 0. The first-order valence-corrected chi connectivity index (χ1v) is 19.0. The van der Waals surface area contributed by atoms with Crippen LogP contribution in [0.25, 0.3) is 67.5 Å². The zero-order chi connectivity index (χ0) is 34.6. The maximum atomic E-state index is 6.26. The monoisotopic (exact) mass is 676 g/mol. The Bertz CT molecular complexity index is 2440. The molecule has 7 aromatic rings. The van der Waals surface area contributed by atoms with Crippen molar-refractivity contribution in [1.29, 1.82) is 0 Å². The Balaban J connectivity index is 0.979. The van der Waals surface area contributed by atoms with Gasteiger partial charge in [0.25, 0.3) is 0 Å². The summed E-state index contributed by atoms with van der Waals surface area (Å²) in [6, 6.07) is 38.7. The Morgan fingerprint density at radius 1 is 0.519 bits per heavy atom. The minimum atomic E-state index is -0.228. The fourth-order valence-electron chi connectivity index (χ4n) is 11.0. The SMILES string of the molecule is CC1(C)c2cc(-c3nc(-c4ccccc4)nc(-c4ccccc4)n3)ccc2-c2ccc(-c3ccc(C45CC6CC(CC(C6)C4)C5)c4ncoc34)cc21. The van der Waals surface area contributed by atoms with Crippen LogP contribution in [-0.4, -0.2) is 19.9 Å². The zero-order valence-corrected chi connectivity index (χ0v) is 29.6. The summed E-state index contributed by atoms with van der Waals surface area (Å²) < 4.78 is 6.26. The van der Waals surface area contributed by atoms with E-state index in [1.165, 1.54) is 71.9 Å². The van der Waals surface area contributed by atoms with E-state index in [4.69, 9.17) is 24.4 Å². The van der Waals surface area contributed by atoms with E-state index < -0.39 is 0 Å². The molecule has 0 amide bonds. The van der Waals surface area contributed by atoms with Gasteiger partial charge in [0.1, 0.15) is 5.52 Å². The van der Waals surface area contributed by atoms with Gasteiger partial charge in [0, 0.05) is 27.7 Å². The molecule has 4 saturated carbocycles. The highest BCUT2D eigenvalue weighted by Gasteiger charge is 2.52. The normalized spacial score (nSPS) is 23.5. The molecule has 4 bridgehead atoms. The third-order valence-electron chi connectivity index (χ3n) is 13.0. The van der Waals surface area contributed by atoms with Crippen LogP contribution in [0.15, 0.2) is 120 Å². The molecule has 0 radical (unpaired) electrons. The molecule has 4 fully saturated rings. The van der Waals surface area contributed by atoms with E-state index in [9.17, 15) is 0 Å². The van der Waals surface area contributed by atoms with Gasteiger partial charge in [-0.2, -0.15) is 0 Å². The Hall–Kier alpha value is -5.42. The van der Waals surface area contributed by atoms with Gasteiger partial charge in [0.05, 0.1) is 0 Å². The number of rotatable bonds is 5. The van der Waals surface area contributed by atoms with Crippen molar-refractivity contribution in [3.05, 3.63) is 132 Å². The Morgan fingerprint density at radius 2 is 1.02 bits per heavy atom.